The Bertz CT molecular complexity index is 300. The van der Waals surface area contributed by atoms with Gasteiger partial charge in [-0.1, -0.05) is 52.9 Å². The molecule has 4 heteroatoms. The zero-order chi connectivity index (χ0) is 12.6. The molecule has 1 rings (SSSR count). The van der Waals surface area contributed by atoms with Crippen LogP contribution in [0.2, 0.25) is 6.04 Å². The molecule has 0 spiro atoms. The quantitative estimate of drug-likeness (QED) is 0.398. The highest BCUT2D eigenvalue weighted by Crippen LogP contribution is 2.20. The van der Waals surface area contributed by atoms with Crippen molar-refractivity contribution in [1.82, 2.24) is 0 Å². The van der Waals surface area contributed by atoms with E-state index in [9.17, 15) is 0 Å². The SMILES string of the molecule is CCO[Si](CI)(CCc1ccccc1)OCC. The second-order valence-electron chi connectivity index (χ2n) is 3.90. The molecule has 0 atom stereocenters. The Morgan fingerprint density at radius 1 is 1.06 bits per heavy atom. The van der Waals surface area contributed by atoms with Crippen molar-refractivity contribution in [3.05, 3.63) is 35.9 Å². The fraction of sp³-hybridized carbons (Fsp3) is 0.538. The third kappa shape index (κ3) is 5.07. The second-order valence-corrected chi connectivity index (χ2v) is 9.35. The Balaban J connectivity index is 2.59. The van der Waals surface area contributed by atoms with Crippen LogP contribution in [-0.2, 0) is 15.3 Å². The molecule has 0 aromatic heterocycles. The molecular weight excluding hydrogens is 343 g/mol. The normalized spacial score (nSPS) is 11.7. The Kier molecular flexibility index (Phi) is 7.34. The van der Waals surface area contributed by atoms with Crippen LogP contribution >= 0.6 is 22.6 Å². The largest absolute Gasteiger partial charge is 0.394 e. The van der Waals surface area contributed by atoms with Gasteiger partial charge in [0.15, 0.2) is 0 Å². The summed E-state index contributed by atoms with van der Waals surface area (Å²) in [6.45, 7) is 5.61. The molecule has 96 valence electrons. The topological polar surface area (TPSA) is 18.5 Å². The van der Waals surface area contributed by atoms with Crippen LogP contribution in [0.1, 0.15) is 19.4 Å². The molecule has 17 heavy (non-hydrogen) atoms. The summed E-state index contributed by atoms with van der Waals surface area (Å²) in [5.74, 6) is 0. The molecule has 0 saturated carbocycles. The van der Waals surface area contributed by atoms with Gasteiger partial charge in [0.1, 0.15) is 0 Å². The standard InChI is InChI=1S/C13H21IO2Si/c1-3-15-17(12-14,16-4-2)11-10-13-8-6-5-7-9-13/h5-9H,3-4,10-12H2,1-2H3. The zero-order valence-corrected chi connectivity index (χ0v) is 13.8. The van der Waals surface area contributed by atoms with Gasteiger partial charge in [-0.05, 0) is 31.9 Å². The molecular formula is C13H21IO2Si. The molecule has 0 N–H and O–H groups in total. The van der Waals surface area contributed by atoms with Gasteiger partial charge in [-0.15, -0.1) is 0 Å². The van der Waals surface area contributed by atoms with E-state index in [1.54, 1.807) is 0 Å². The maximum absolute atomic E-state index is 5.95. The average molecular weight is 364 g/mol. The van der Waals surface area contributed by atoms with Crippen molar-refractivity contribution in [2.24, 2.45) is 0 Å². The Morgan fingerprint density at radius 2 is 1.65 bits per heavy atom. The highest BCUT2D eigenvalue weighted by atomic mass is 127. The summed E-state index contributed by atoms with van der Waals surface area (Å²) in [4.78, 5) is 0. The molecule has 0 aliphatic heterocycles. The molecule has 0 aliphatic carbocycles. The Hall–Kier alpha value is 0.0869. The van der Waals surface area contributed by atoms with E-state index in [4.69, 9.17) is 8.85 Å². The first-order valence-corrected chi connectivity index (χ1v) is 9.89. The van der Waals surface area contributed by atoms with Crippen molar-refractivity contribution in [3.8, 4) is 0 Å². The summed E-state index contributed by atoms with van der Waals surface area (Å²) < 4.78 is 12.9. The van der Waals surface area contributed by atoms with Gasteiger partial charge in [-0.25, -0.2) is 0 Å². The zero-order valence-electron chi connectivity index (χ0n) is 10.6. The van der Waals surface area contributed by atoms with E-state index in [0.717, 1.165) is 29.7 Å². The summed E-state index contributed by atoms with van der Waals surface area (Å²) >= 11 is 2.40. The van der Waals surface area contributed by atoms with Crippen molar-refractivity contribution in [2.45, 2.75) is 26.3 Å². The minimum absolute atomic E-state index is 0.754. The third-order valence-electron chi connectivity index (χ3n) is 2.66. The number of hydrogen-bond acceptors (Lipinski definition) is 2. The Labute approximate surface area is 119 Å². The van der Waals surface area contributed by atoms with Gasteiger partial charge >= 0.3 is 8.56 Å². The smallest absolute Gasteiger partial charge is 0.348 e. The van der Waals surface area contributed by atoms with Crippen molar-refractivity contribution >= 4 is 31.2 Å². The van der Waals surface area contributed by atoms with E-state index >= 15 is 0 Å². The first-order valence-electron chi connectivity index (χ1n) is 6.14. The van der Waals surface area contributed by atoms with Crippen LogP contribution in [0.4, 0.5) is 0 Å². The van der Waals surface area contributed by atoms with Crippen molar-refractivity contribution in [2.75, 3.05) is 17.3 Å². The van der Waals surface area contributed by atoms with Gasteiger partial charge in [0.05, 0.1) is 0 Å². The number of hydrogen-bond donors (Lipinski definition) is 0. The van der Waals surface area contributed by atoms with E-state index in [-0.39, 0.29) is 0 Å². The maximum atomic E-state index is 5.95. The number of alkyl halides is 1. The van der Waals surface area contributed by atoms with Gasteiger partial charge in [-0.3, -0.25) is 0 Å². The molecule has 2 nitrogen and oxygen atoms in total. The summed E-state index contributed by atoms with van der Waals surface area (Å²) in [6, 6.07) is 11.6. The first kappa shape index (κ1) is 15.1. The predicted molar refractivity (Wildman–Crippen MR) is 82.8 cm³/mol. The van der Waals surface area contributed by atoms with Gasteiger partial charge < -0.3 is 8.85 Å². The average Bonchev–Trinajstić information content (AvgIpc) is 2.38. The lowest BCUT2D eigenvalue weighted by Crippen LogP contribution is -2.45. The Morgan fingerprint density at radius 3 is 2.12 bits per heavy atom. The molecule has 1 aromatic carbocycles. The van der Waals surface area contributed by atoms with Crippen LogP contribution in [0, 0.1) is 0 Å². The van der Waals surface area contributed by atoms with E-state index < -0.39 is 8.56 Å². The van der Waals surface area contributed by atoms with E-state index in [1.165, 1.54) is 5.56 Å². The van der Waals surface area contributed by atoms with Gasteiger partial charge in [-0.2, -0.15) is 0 Å². The molecule has 0 radical (unpaired) electrons. The van der Waals surface area contributed by atoms with Crippen LogP contribution in [0.15, 0.2) is 30.3 Å². The number of halogens is 1. The van der Waals surface area contributed by atoms with E-state index in [2.05, 4.69) is 66.8 Å². The molecule has 0 heterocycles. The van der Waals surface area contributed by atoms with Crippen LogP contribution < -0.4 is 0 Å². The van der Waals surface area contributed by atoms with Crippen molar-refractivity contribution in [1.29, 1.82) is 0 Å². The lowest BCUT2D eigenvalue weighted by atomic mass is 10.2. The predicted octanol–water partition coefficient (Wildman–Crippen LogP) is 3.72. The monoisotopic (exact) mass is 364 g/mol. The molecule has 0 amide bonds. The molecule has 1 aromatic rings. The molecule has 0 unspecified atom stereocenters. The highest BCUT2D eigenvalue weighted by Gasteiger charge is 2.35. The minimum Gasteiger partial charge on any atom is -0.394 e. The second kappa shape index (κ2) is 8.23. The highest BCUT2D eigenvalue weighted by molar-refractivity contribution is 14.1. The van der Waals surface area contributed by atoms with Gasteiger partial charge in [0.25, 0.3) is 0 Å². The lowest BCUT2D eigenvalue weighted by Gasteiger charge is -2.28. The number of rotatable bonds is 8. The van der Waals surface area contributed by atoms with Crippen LogP contribution in [-0.4, -0.2) is 25.8 Å². The molecule has 0 fully saturated rings. The maximum Gasteiger partial charge on any atom is 0.348 e. The summed E-state index contributed by atoms with van der Waals surface area (Å²) in [5, 5.41) is 0. The van der Waals surface area contributed by atoms with Crippen LogP contribution in [0.3, 0.4) is 0 Å². The van der Waals surface area contributed by atoms with Gasteiger partial charge in [0.2, 0.25) is 0 Å². The van der Waals surface area contributed by atoms with Crippen LogP contribution in [0.5, 0.6) is 0 Å². The minimum atomic E-state index is -1.97. The number of benzene rings is 1. The molecule has 0 bridgehead atoms. The third-order valence-corrected chi connectivity index (χ3v) is 9.19. The van der Waals surface area contributed by atoms with Crippen molar-refractivity contribution < 1.29 is 8.85 Å². The lowest BCUT2D eigenvalue weighted by molar-refractivity contribution is 0.189. The van der Waals surface area contributed by atoms with E-state index in [0.29, 0.717) is 0 Å². The fourth-order valence-electron chi connectivity index (χ4n) is 1.84. The summed E-state index contributed by atoms with van der Waals surface area (Å²) in [7, 11) is -1.97. The summed E-state index contributed by atoms with van der Waals surface area (Å²) in [5.41, 5.74) is 1.37. The van der Waals surface area contributed by atoms with Crippen molar-refractivity contribution in [3.63, 3.8) is 0 Å². The fourth-order valence-corrected chi connectivity index (χ4v) is 6.68. The number of aryl methyl sites for hydroxylation is 1. The summed E-state index contributed by atoms with van der Waals surface area (Å²) in [6.07, 6.45) is 1.05. The van der Waals surface area contributed by atoms with E-state index in [1.807, 2.05) is 0 Å². The molecule has 0 aliphatic rings. The molecule has 0 saturated heterocycles. The van der Waals surface area contributed by atoms with Gasteiger partial charge in [0, 0.05) is 17.3 Å². The first-order chi connectivity index (χ1) is 8.26. The van der Waals surface area contributed by atoms with Crippen LogP contribution in [0.25, 0.3) is 0 Å².